The van der Waals surface area contributed by atoms with E-state index in [4.69, 9.17) is 45.6 Å². The minimum atomic E-state index is -6.09. The Kier molecular flexibility index (Phi) is 58.4. The van der Waals surface area contributed by atoms with Gasteiger partial charge in [0.15, 0.2) is 62.0 Å². The van der Waals surface area contributed by atoms with Gasteiger partial charge in [-0.2, -0.15) is 82.3 Å². The molecule has 0 aromatic heterocycles. The molecule has 2 atom stereocenters. The molecule has 3 N–H and O–H groups in total. The summed E-state index contributed by atoms with van der Waals surface area (Å²) in [5, 5.41) is 17.8. The Balaban J connectivity index is 0. The molecule has 37 heteroatoms. The second-order valence-electron chi connectivity index (χ2n) is 30.0. The second kappa shape index (κ2) is 59.9. The molecule has 9 rings (SSSR count). The number of carboxylic acid groups (broad SMARTS) is 1. The molecular formula is C87H126F18O12S7. The fraction of sp³-hybridized carbons (Fsp3) is 0.632. The second-order valence-corrected chi connectivity index (χ2v) is 36.1. The van der Waals surface area contributed by atoms with E-state index in [9.17, 15) is 83.8 Å². The van der Waals surface area contributed by atoms with Crippen LogP contribution in [0.15, 0.2) is 60.7 Å². The van der Waals surface area contributed by atoms with Crippen molar-refractivity contribution in [3.8, 4) is 23.0 Å². The van der Waals surface area contributed by atoms with Crippen molar-refractivity contribution in [1.82, 2.24) is 0 Å². The fourth-order valence-electron chi connectivity index (χ4n) is 14.2. The Morgan fingerprint density at radius 1 is 0.500 bits per heavy atom. The first kappa shape index (κ1) is 121. The SMILES string of the molecule is C.C.C.CCCC1CCC(c2cc(F)c(C(=O)O)c(F)c2)CC1.CCCC1CCC(c2cc(F)c(C3=[S+]CCCS3)c(F)c2)CC1.CCCCCCC(C)Oc1c(F)cc(O)cc1F.CCCCCCC(C)Oc1c(F)cc(OC(F)(F)c2c(F)cc(C3CCC(CCC)CC3)cc2F)cc1F.O=S(=O)(O)C(F)(F)F.O=S(=O)([O-])C(F)(F)F.S.SCCCS. The van der Waals surface area contributed by atoms with Gasteiger partial charge in [-0.05, 0) is 223 Å². The van der Waals surface area contributed by atoms with Gasteiger partial charge in [-0.3, -0.25) is 4.55 Å². The first-order valence-electron chi connectivity index (χ1n) is 40.4. The Morgan fingerprint density at radius 2 is 0.823 bits per heavy atom. The topological polar surface area (TPSA) is 197 Å². The molecule has 0 spiro atoms. The van der Waals surface area contributed by atoms with Gasteiger partial charge in [-0.1, -0.05) is 146 Å². The van der Waals surface area contributed by atoms with Gasteiger partial charge in [0.05, 0.1) is 12.2 Å². The lowest BCUT2D eigenvalue weighted by atomic mass is 9.77. The van der Waals surface area contributed by atoms with Gasteiger partial charge in [-0.15, -0.1) is 0 Å². The van der Waals surface area contributed by atoms with Crippen molar-refractivity contribution in [1.29, 1.82) is 0 Å². The molecule has 0 amide bonds. The maximum absolute atomic E-state index is 14.9. The number of unbranched alkanes of at least 4 members (excludes halogenated alkanes) is 6. The highest BCUT2D eigenvalue weighted by Gasteiger charge is 2.45. The number of hydrogen-bond acceptors (Lipinski definition) is 13. The van der Waals surface area contributed by atoms with Crippen LogP contribution in [0.4, 0.5) is 79.0 Å². The van der Waals surface area contributed by atoms with Crippen molar-refractivity contribution in [3.63, 3.8) is 0 Å². The first-order valence-corrected chi connectivity index (χ1v) is 46.5. The molecular weight excluding hydrogens is 1800 g/mol. The Morgan fingerprint density at radius 3 is 1.10 bits per heavy atom. The number of alkyl halides is 8. The van der Waals surface area contributed by atoms with E-state index in [0.717, 1.165) is 217 Å². The third-order valence-electron chi connectivity index (χ3n) is 20.4. The van der Waals surface area contributed by atoms with Gasteiger partial charge < -0.3 is 29.0 Å². The van der Waals surface area contributed by atoms with E-state index in [0.29, 0.717) is 41.5 Å². The predicted molar refractivity (Wildman–Crippen MR) is 471 cm³/mol. The predicted octanol–water partition coefficient (Wildman–Crippen LogP) is 28.8. The van der Waals surface area contributed by atoms with E-state index < -0.39 is 130 Å². The molecule has 1 heterocycles. The van der Waals surface area contributed by atoms with Crippen LogP contribution >= 0.6 is 50.5 Å². The summed E-state index contributed by atoms with van der Waals surface area (Å²) in [6.07, 6.45) is 25.6. The third-order valence-corrected chi connectivity index (χ3v) is 24.8. The zero-order valence-corrected chi connectivity index (χ0v) is 74.8. The number of benzene rings is 5. The van der Waals surface area contributed by atoms with Crippen LogP contribution in [0.25, 0.3) is 0 Å². The molecule has 714 valence electrons. The Bertz CT molecular complexity index is 4020. The summed E-state index contributed by atoms with van der Waals surface area (Å²) in [6.45, 7) is 14.2. The number of thioether (sulfide) groups is 1. The molecule has 4 aliphatic rings. The normalized spacial score (nSPS) is 18.1. The van der Waals surface area contributed by atoms with E-state index in [1.807, 2.05) is 0 Å². The monoisotopic (exact) mass is 1930 g/mol. The molecule has 0 saturated heterocycles. The van der Waals surface area contributed by atoms with Gasteiger partial charge in [0.2, 0.25) is 0 Å². The van der Waals surface area contributed by atoms with E-state index in [-0.39, 0.29) is 70.9 Å². The van der Waals surface area contributed by atoms with Crippen LogP contribution in [0.2, 0.25) is 0 Å². The number of aromatic hydroxyl groups is 1. The lowest BCUT2D eigenvalue weighted by molar-refractivity contribution is -0.189. The van der Waals surface area contributed by atoms with Gasteiger partial charge in [-0.25, -0.2) is 57.1 Å². The molecule has 124 heavy (non-hydrogen) atoms. The molecule has 3 aliphatic carbocycles. The molecule has 3 fully saturated rings. The lowest BCUT2D eigenvalue weighted by Gasteiger charge is -2.29. The van der Waals surface area contributed by atoms with Crippen LogP contribution in [0, 0.1) is 75.9 Å². The van der Waals surface area contributed by atoms with Gasteiger partial charge in [0.25, 0.3) is 4.20 Å². The summed E-state index contributed by atoms with van der Waals surface area (Å²) in [5.41, 5.74) is -11.6. The van der Waals surface area contributed by atoms with Gasteiger partial charge in [0.1, 0.15) is 63.1 Å². The largest absolute Gasteiger partial charge is 0.741 e. The maximum atomic E-state index is 14.9. The highest BCUT2D eigenvalue weighted by atomic mass is 32.2. The van der Waals surface area contributed by atoms with Crippen LogP contribution in [0.5, 0.6) is 23.0 Å². The fourth-order valence-corrected chi connectivity index (χ4v) is 17.4. The number of rotatable bonds is 30. The van der Waals surface area contributed by atoms with Crippen molar-refractivity contribution >= 4 is 92.3 Å². The molecule has 5 aromatic carbocycles. The van der Waals surface area contributed by atoms with Gasteiger partial charge >= 0.3 is 33.2 Å². The van der Waals surface area contributed by atoms with Crippen molar-refractivity contribution in [2.75, 3.05) is 23.0 Å². The quantitative estimate of drug-likeness (QED) is 0.00554. The van der Waals surface area contributed by atoms with Crippen molar-refractivity contribution in [2.24, 2.45) is 17.8 Å². The van der Waals surface area contributed by atoms with Crippen molar-refractivity contribution in [3.05, 3.63) is 152 Å². The molecule has 2 unspecified atom stereocenters. The van der Waals surface area contributed by atoms with Crippen LogP contribution in [-0.2, 0) is 37.7 Å². The highest BCUT2D eigenvalue weighted by molar-refractivity contribution is 8.23. The minimum Gasteiger partial charge on any atom is -0.741 e. The summed E-state index contributed by atoms with van der Waals surface area (Å²) >= 11 is 11.1. The summed E-state index contributed by atoms with van der Waals surface area (Å²) in [5.74, 6) is -7.50. The lowest BCUT2D eigenvalue weighted by Crippen LogP contribution is -2.26. The van der Waals surface area contributed by atoms with E-state index in [1.54, 1.807) is 49.1 Å². The highest BCUT2D eigenvalue weighted by Crippen LogP contribution is 2.44. The average molecular weight is 1930 g/mol. The Labute approximate surface area is 748 Å². The zero-order valence-electron chi connectivity index (χ0n) is 68.8. The number of phenolic OH excluding ortho intramolecular Hbond substituents is 1. The number of halogens is 18. The van der Waals surface area contributed by atoms with Gasteiger partial charge in [0, 0.05) is 36.4 Å². The van der Waals surface area contributed by atoms with Crippen LogP contribution in [0.1, 0.15) is 319 Å². The van der Waals surface area contributed by atoms with Crippen LogP contribution in [-0.4, -0.2) is 92.6 Å². The molecule has 0 bridgehead atoms. The van der Waals surface area contributed by atoms with Crippen LogP contribution < -0.4 is 14.2 Å². The molecule has 1 aliphatic heterocycles. The zero-order chi connectivity index (χ0) is 90.5. The summed E-state index contributed by atoms with van der Waals surface area (Å²) < 4.78 is 304. The molecule has 3 saturated carbocycles. The number of aromatic carboxylic acids is 1. The average Bonchev–Trinajstić information content (AvgIpc) is 0.846. The molecule has 12 nitrogen and oxygen atoms in total. The first-order chi connectivity index (χ1) is 56.2. The minimum absolute atomic E-state index is 0. The smallest absolute Gasteiger partial charge is 0.522 e. The number of carbonyl (C=O) groups is 1. The number of carboxylic acids is 1. The number of hydrogen-bond donors (Lipinski definition) is 5. The van der Waals surface area contributed by atoms with Crippen molar-refractivity contribution in [2.45, 2.75) is 310 Å². The molecule has 5 aromatic rings. The van der Waals surface area contributed by atoms with Crippen LogP contribution in [0.3, 0.4) is 0 Å². The summed E-state index contributed by atoms with van der Waals surface area (Å²) in [6, 6.07) is 10.2. The number of ether oxygens (including phenoxy) is 3. The van der Waals surface area contributed by atoms with E-state index in [1.165, 1.54) is 50.7 Å². The number of phenols is 1. The summed E-state index contributed by atoms with van der Waals surface area (Å²) in [4.78, 5) is 10.8. The maximum Gasteiger partial charge on any atom is 0.522 e. The van der Waals surface area contributed by atoms with Crippen molar-refractivity contribution < 1.29 is 134 Å². The number of thiol groups is 2. The van der Waals surface area contributed by atoms with E-state index in [2.05, 4.69) is 64.6 Å². The third kappa shape index (κ3) is 42.1. The Hall–Kier alpha value is -5.18. The summed E-state index contributed by atoms with van der Waals surface area (Å²) in [7, 11) is -11.9. The van der Waals surface area contributed by atoms with E-state index >= 15 is 0 Å². The molecule has 0 radical (unpaired) electrons. The standard InChI is InChI=1S/C30H38F6O2.C19H25F2S2.C16H20F2O2.C14H20F2O2.C3H8S2.2CHF3O3S.3CH4.H2S/c1-4-6-7-8-10-19(3)37-29-26(33)17-23(18-27(29)34)38-30(35,36)28-24(31)15-22(16-25(28)32)21-13-11-20(9-5-2)12-14-21;1-2-4-13-5-7-14(8-6-13)15-11-16(20)18(17(21)12-15)19-22-9-3-10-23-19;1-2-3-10-4-6-11(7-5-10)12-8-13(17)15(16(19)20)14(18)9-12;1-3-4-5-6-7-10(2)18-14-12(15)8-11(17)9-13(14)16;4-2-1-3-5;2*2-1(3,4)8(5,6)7;;;;/h15-21H,4-14H2,1-3H3;11-14H,2-10H2,1H3;8-11H,2-7H2,1H3,(H,19,20);8-10,17H,3-7H2,1-2H3;4-5H,1-3H2;2*(H,5,6,7);3*1H4;1H2/q;+1;;;;;;;;;/p-1.